The van der Waals surface area contributed by atoms with Crippen molar-refractivity contribution in [1.82, 2.24) is 0 Å². The Kier molecular flexibility index (Phi) is 7.20. The molecule has 0 rings (SSSR count). The second kappa shape index (κ2) is 7.37. The van der Waals surface area contributed by atoms with E-state index in [2.05, 4.69) is 0 Å². The molecule has 0 aliphatic rings. The fraction of sp³-hybridized carbons (Fsp3) is 0.875. The molecule has 0 aliphatic heterocycles. The molecule has 1 atom stereocenters. The van der Waals surface area contributed by atoms with Gasteiger partial charge in [0.1, 0.15) is 6.10 Å². The zero-order valence-electron chi connectivity index (χ0n) is 7.51. The summed E-state index contributed by atoms with van der Waals surface area (Å²) >= 11 is 5.41. The van der Waals surface area contributed by atoms with E-state index in [9.17, 15) is 4.79 Å². The highest BCUT2D eigenvalue weighted by atomic mass is 35.5. The molecule has 0 radical (unpaired) electrons. The summed E-state index contributed by atoms with van der Waals surface area (Å²) in [7, 11) is 1.57. The third kappa shape index (κ3) is 6.43. The summed E-state index contributed by atoms with van der Waals surface area (Å²) in [5, 5.41) is 0. The van der Waals surface area contributed by atoms with E-state index < -0.39 is 0 Å². The van der Waals surface area contributed by atoms with E-state index in [-0.39, 0.29) is 12.1 Å². The smallest absolute Gasteiger partial charge is 0.306 e. The van der Waals surface area contributed by atoms with E-state index in [0.29, 0.717) is 25.3 Å². The number of ether oxygens (including phenoxy) is 2. The molecule has 0 N–H and O–H groups in total. The monoisotopic (exact) mass is 194 g/mol. The van der Waals surface area contributed by atoms with Crippen LogP contribution in [0.4, 0.5) is 0 Å². The SMILES string of the molecule is COCC(C)OC(=O)CCCCl. The van der Waals surface area contributed by atoms with E-state index in [1.807, 2.05) is 0 Å². The van der Waals surface area contributed by atoms with Crippen molar-refractivity contribution in [2.45, 2.75) is 25.9 Å². The number of carbonyl (C=O) groups excluding carboxylic acids is 1. The van der Waals surface area contributed by atoms with Crippen molar-refractivity contribution < 1.29 is 14.3 Å². The first kappa shape index (κ1) is 11.7. The van der Waals surface area contributed by atoms with Crippen LogP contribution in [0.1, 0.15) is 19.8 Å². The number of esters is 1. The topological polar surface area (TPSA) is 35.5 Å². The van der Waals surface area contributed by atoms with Gasteiger partial charge < -0.3 is 9.47 Å². The van der Waals surface area contributed by atoms with Crippen LogP contribution < -0.4 is 0 Å². The van der Waals surface area contributed by atoms with Crippen molar-refractivity contribution in [3.05, 3.63) is 0 Å². The van der Waals surface area contributed by atoms with Gasteiger partial charge in [0.05, 0.1) is 6.61 Å². The van der Waals surface area contributed by atoms with Crippen LogP contribution in [0.5, 0.6) is 0 Å². The molecule has 1 unspecified atom stereocenters. The van der Waals surface area contributed by atoms with Gasteiger partial charge in [-0.1, -0.05) is 0 Å². The van der Waals surface area contributed by atoms with Crippen molar-refractivity contribution in [3.63, 3.8) is 0 Å². The molecule has 0 heterocycles. The number of methoxy groups -OCH3 is 1. The van der Waals surface area contributed by atoms with Crippen LogP contribution in [0.25, 0.3) is 0 Å². The van der Waals surface area contributed by atoms with Crippen LogP contribution in [0.15, 0.2) is 0 Å². The molecule has 0 bridgehead atoms. The molecule has 0 aromatic rings. The van der Waals surface area contributed by atoms with Gasteiger partial charge in [-0.3, -0.25) is 4.79 Å². The second-order valence-corrected chi connectivity index (χ2v) is 2.93. The minimum absolute atomic E-state index is 0.169. The van der Waals surface area contributed by atoms with Crippen LogP contribution in [0, 0.1) is 0 Å². The lowest BCUT2D eigenvalue weighted by Crippen LogP contribution is -2.19. The molecule has 0 aromatic carbocycles. The molecule has 4 heteroatoms. The van der Waals surface area contributed by atoms with Crippen LogP contribution >= 0.6 is 11.6 Å². The lowest BCUT2D eigenvalue weighted by atomic mass is 10.3. The Morgan fingerprint density at radius 2 is 2.25 bits per heavy atom. The quantitative estimate of drug-likeness (QED) is 0.476. The minimum Gasteiger partial charge on any atom is -0.460 e. The Bertz CT molecular complexity index is 127. The van der Waals surface area contributed by atoms with Crippen molar-refractivity contribution >= 4 is 17.6 Å². The van der Waals surface area contributed by atoms with Gasteiger partial charge in [0.15, 0.2) is 0 Å². The summed E-state index contributed by atoms with van der Waals surface area (Å²) in [6, 6.07) is 0. The zero-order valence-corrected chi connectivity index (χ0v) is 8.26. The average Bonchev–Trinajstić information content (AvgIpc) is 2.01. The zero-order chi connectivity index (χ0) is 9.40. The van der Waals surface area contributed by atoms with E-state index in [0.717, 1.165) is 0 Å². The molecule has 3 nitrogen and oxygen atoms in total. The molecule has 0 saturated carbocycles. The van der Waals surface area contributed by atoms with Crippen molar-refractivity contribution in [3.8, 4) is 0 Å². The molecule has 72 valence electrons. The maximum atomic E-state index is 11.0. The fourth-order valence-corrected chi connectivity index (χ4v) is 0.897. The maximum absolute atomic E-state index is 11.0. The first-order chi connectivity index (χ1) is 5.70. The number of hydrogen-bond donors (Lipinski definition) is 0. The van der Waals surface area contributed by atoms with E-state index >= 15 is 0 Å². The first-order valence-corrected chi connectivity index (χ1v) is 4.48. The molecular formula is C8H15ClO3. The van der Waals surface area contributed by atoms with Gasteiger partial charge >= 0.3 is 5.97 Å². The molecule has 0 amide bonds. The molecular weight excluding hydrogens is 180 g/mol. The van der Waals surface area contributed by atoms with Crippen molar-refractivity contribution in [1.29, 1.82) is 0 Å². The summed E-state index contributed by atoms with van der Waals surface area (Å²) in [5.74, 6) is 0.286. The molecule has 0 aliphatic carbocycles. The van der Waals surface area contributed by atoms with Gasteiger partial charge in [-0.2, -0.15) is 0 Å². The lowest BCUT2D eigenvalue weighted by Gasteiger charge is -2.11. The Morgan fingerprint density at radius 3 is 2.75 bits per heavy atom. The summed E-state index contributed by atoms with van der Waals surface area (Å²) in [6.45, 7) is 2.23. The van der Waals surface area contributed by atoms with Crippen molar-refractivity contribution in [2.24, 2.45) is 0 Å². The Morgan fingerprint density at radius 1 is 1.58 bits per heavy atom. The van der Waals surface area contributed by atoms with Gasteiger partial charge in [-0.15, -0.1) is 11.6 Å². The predicted molar refractivity (Wildman–Crippen MR) is 47.4 cm³/mol. The fourth-order valence-electron chi connectivity index (χ4n) is 0.763. The van der Waals surface area contributed by atoms with Gasteiger partial charge in [0.2, 0.25) is 0 Å². The number of carbonyl (C=O) groups is 1. The highest BCUT2D eigenvalue weighted by Crippen LogP contribution is 1.99. The maximum Gasteiger partial charge on any atom is 0.306 e. The van der Waals surface area contributed by atoms with Gasteiger partial charge in [0.25, 0.3) is 0 Å². The summed E-state index contributed by atoms with van der Waals surface area (Å²) in [5.41, 5.74) is 0. The molecule has 12 heavy (non-hydrogen) atoms. The highest BCUT2D eigenvalue weighted by Gasteiger charge is 2.07. The van der Waals surface area contributed by atoms with Gasteiger partial charge in [0, 0.05) is 19.4 Å². The van der Waals surface area contributed by atoms with Gasteiger partial charge in [-0.25, -0.2) is 0 Å². The first-order valence-electron chi connectivity index (χ1n) is 3.95. The summed E-state index contributed by atoms with van der Waals surface area (Å²) in [4.78, 5) is 11.0. The molecule has 0 fully saturated rings. The normalized spacial score (nSPS) is 12.6. The van der Waals surface area contributed by atoms with Gasteiger partial charge in [-0.05, 0) is 13.3 Å². The number of alkyl halides is 1. The second-order valence-electron chi connectivity index (χ2n) is 2.55. The van der Waals surface area contributed by atoms with E-state index in [4.69, 9.17) is 21.1 Å². The number of rotatable bonds is 6. The summed E-state index contributed by atoms with van der Waals surface area (Å²) in [6.07, 6.45) is 0.885. The third-order valence-corrected chi connectivity index (χ3v) is 1.52. The molecule has 0 spiro atoms. The number of hydrogen-bond acceptors (Lipinski definition) is 3. The largest absolute Gasteiger partial charge is 0.460 e. The third-order valence-electron chi connectivity index (χ3n) is 1.25. The Balaban J connectivity index is 3.40. The molecule has 0 aromatic heterocycles. The van der Waals surface area contributed by atoms with Crippen LogP contribution in [0.2, 0.25) is 0 Å². The van der Waals surface area contributed by atoms with Crippen LogP contribution in [0.3, 0.4) is 0 Å². The van der Waals surface area contributed by atoms with E-state index in [1.165, 1.54) is 0 Å². The Labute approximate surface area is 78.0 Å². The highest BCUT2D eigenvalue weighted by molar-refractivity contribution is 6.17. The van der Waals surface area contributed by atoms with Crippen molar-refractivity contribution in [2.75, 3.05) is 19.6 Å². The summed E-state index contributed by atoms with van der Waals surface area (Å²) < 4.78 is 9.78. The Hall–Kier alpha value is -0.280. The standard InChI is InChI=1S/C8H15ClO3/c1-7(6-11-2)12-8(10)4-3-5-9/h7H,3-6H2,1-2H3. The van der Waals surface area contributed by atoms with E-state index in [1.54, 1.807) is 14.0 Å². The predicted octanol–water partition coefficient (Wildman–Crippen LogP) is 1.58. The average molecular weight is 195 g/mol. The van der Waals surface area contributed by atoms with Crippen LogP contribution in [-0.4, -0.2) is 31.7 Å². The molecule has 0 saturated heterocycles. The van der Waals surface area contributed by atoms with Crippen LogP contribution in [-0.2, 0) is 14.3 Å². The minimum atomic E-state index is -0.208. The lowest BCUT2D eigenvalue weighted by molar-refractivity contribution is -0.150. The number of halogens is 1.